The fourth-order valence-electron chi connectivity index (χ4n) is 2.16. The first-order valence-electron chi connectivity index (χ1n) is 6.33. The van der Waals surface area contributed by atoms with Crippen LogP contribution in [0.4, 0.5) is 0 Å². The lowest BCUT2D eigenvalue weighted by molar-refractivity contribution is 0.0187. The zero-order chi connectivity index (χ0) is 14.7. The number of benzene rings is 1. The second-order valence-corrected chi connectivity index (χ2v) is 4.78. The molecule has 0 spiro atoms. The first-order valence-corrected chi connectivity index (χ1v) is 6.33. The molecule has 3 N–H and O–H groups in total. The number of aliphatic hydroxyl groups excluding tert-OH is 2. The van der Waals surface area contributed by atoms with Gasteiger partial charge in [-0.2, -0.15) is 0 Å². The number of carboxylic acids is 1. The highest BCUT2D eigenvalue weighted by Gasteiger charge is 2.34. The number of Topliss-reactive ketones (excluding diaryl/α,β-unsaturated/α-hetero) is 1. The summed E-state index contributed by atoms with van der Waals surface area (Å²) >= 11 is 0. The number of carbonyl (C=O) groups excluding carboxylic acids is 1. The van der Waals surface area contributed by atoms with Gasteiger partial charge in [0.15, 0.2) is 5.78 Å². The molecular formula is C14H16O6. The highest BCUT2D eigenvalue weighted by atomic mass is 16.5. The number of ether oxygens (including phenoxy) is 1. The number of hydrogen-bond donors (Lipinski definition) is 3. The molecule has 6 nitrogen and oxygen atoms in total. The number of rotatable bonds is 5. The third kappa shape index (κ3) is 3.22. The van der Waals surface area contributed by atoms with Crippen LogP contribution in [0.25, 0.3) is 0 Å². The van der Waals surface area contributed by atoms with Crippen molar-refractivity contribution in [1.29, 1.82) is 0 Å². The fourth-order valence-corrected chi connectivity index (χ4v) is 2.16. The largest absolute Gasteiger partial charge is 0.478 e. The topological polar surface area (TPSA) is 104 Å². The molecule has 0 bridgehead atoms. The lowest BCUT2D eigenvalue weighted by Crippen LogP contribution is -2.30. The zero-order valence-corrected chi connectivity index (χ0v) is 10.7. The summed E-state index contributed by atoms with van der Waals surface area (Å²) in [7, 11) is 0. The smallest absolute Gasteiger partial charge is 0.335 e. The molecule has 1 saturated heterocycles. The minimum absolute atomic E-state index is 0.0587. The van der Waals surface area contributed by atoms with Gasteiger partial charge in [-0.1, -0.05) is 12.1 Å². The second-order valence-electron chi connectivity index (χ2n) is 4.78. The molecule has 0 aliphatic carbocycles. The van der Waals surface area contributed by atoms with Crippen LogP contribution in [0.15, 0.2) is 24.3 Å². The van der Waals surface area contributed by atoms with Gasteiger partial charge in [-0.25, -0.2) is 4.79 Å². The van der Waals surface area contributed by atoms with Gasteiger partial charge in [0.1, 0.15) is 12.2 Å². The number of carbonyl (C=O) groups is 2. The third-order valence-electron chi connectivity index (χ3n) is 3.34. The van der Waals surface area contributed by atoms with Gasteiger partial charge in [0, 0.05) is 12.0 Å². The lowest BCUT2D eigenvalue weighted by Gasteiger charge is -2.14. The van der Waals surface area contributed by atoms with Gasteiger partial charge in [0.2, 0.25) is 0 Å². The number of hydrogen-bond acceptors (Lipinski definition) is 5. The van der Waals surface area contributed by atoms with E-state index in [1.165, 1.54) is 18.2 Å². The van der Waals surface area contributed by atoms with E-state index in [-0.39, 0.29) is 30.8 Å². The van der Waals surface area contributed by atoms with E-state index in [0.717, 1.165) is 0 Å². The van der Waals surface area contributed by atoms with Crippen molar-refractivity contribution < 1.29 is 29.6 Å². The zero-order valence-electron chi connectivity index (χ0n) is 10.7. The SMILES string of the molecule is O=C(O)c1cccc(C(=O)CC[C@H]2OC[C@H](O)[C@@H]2O)c1. The summed E-state index contributed by atoms with van der Waals surface area (Å²) in [4.78, 5) is 22.8. The first kappa shape index (κ1) is 14.6. The molecule has 20 heavy (non-hydrogen) atoms. The predicted molar refractivity (Wildman–Crippen MR) is 68.7 cm³/mol. The summed E-state index contributed by atoms with van der Waals surface area (Å²) in [5.41, 5.74) is 0.376. The highest BCUT2D eigenvalue weighted by Crippen LogP contribution is 2.20. The van der Waals surface area contributed by atoms with Crippen LogP contribution in [0.5, 0.6) is 0 Å². The van der Waals surface area contributed by atoms with E-state index in [9.17, 15) is 19.8 Å². The highest BCUT2D eigenvalue weighted by molar-refractivity contribution is 5.98. The van der Waals surface area contributed by atoms with Crippen LogP contribution in [0.3, 0.4) is 0 Å². The molecule has 0 unspecified atom stereocenters. The molecule has 1 heterocycles. The van der Waals surface area contributed by atoms with Crippen molar-refractivity contribution in [1.82, 2.24) is 0 Å². The van der Waals surface area contributed by atoms with Crippen molar-refractivity contribution in [2.45, 2.75) is 31.2 Å². The van der Waals surface area contributed by atoms with Gasteiger partial charge >= 0.3 is 5.97 Å². The molecule has 1 aromatic rings. The Kier molecular flexibility index (Phi) is 4.49. The Labute approximate surface area is 115 Å². The van der Waals surface area contributed by atoms with Crippen LogP contribution in [-0.2, 0) is 4.74 Å². The molecule has 3 atom stereocenters. The minimum Gasteiger partial charge on any atom is -0.478 e. The Morgan fingerprint density at radius 2 is 1.95 bits per heavy atom. The van der Waals surface area contributed by atoms with Crippen LogP contribution in [-0.4, -0.2) is 52.0 Å². The van der Waals surface area contributed by atoms with Crippen molar-refractivity contribution in [3.63, 3.8) is 0 Å². The van der Waals surface area contributed by atoms with E-state index in [1.54, 1.807) is 6.07 Å². The van der Waals surface area contributed by atoms with Crippen molar-refractivity contribution in [3.05, 3.63) is 35.4 Å². The average Bonchev–Trinajstić information content (AvgIpc) is 2.76. The van der Waals surface area contributed by atoms with Crippen LogP contribution < -0.4 is 0 Å². The molecule has 1 aromatic carbocycles. The second kappa shape index (κ2) is 6.13. The molecule has 0 aromatic heterocycles. The van der Waals surface area contributed by atoms with Gasteiger partial charge in [0.05, 0.1) is 18.3 Å². The molecule has 6 heteroatoms. The standard InChI is InChI=1S/C14H16O6/c15-10(4-5-12-13(17)11(16)7-20-12)8-2-1-3-9(6-8)14(18)19/h1-3,6,11-13,16-17H,4-5,7H2,(H,18,19)/t11-,12+,13-/m0/s1. The summed E-state index contributed by atoms with van der Waals surface area (Å²) in [6.45, 7) is 0.0640. The van der Waals surface area contributed by atoms with Crippen molar-refractivity contribution >= 4 is 11.8 Å². The van der Waals surface area contributed by atoms with Gasteiger partial charge in [-0.3, -0.25) is 4.79 Å². The molecule has 0 radical (unpaired) electrons. The van der Waals surface area contributed by atoms with E-state index in [2.05, 4.69) is 0 Å². The Hall–Kier alpha value is -1.76. The summed E-state index contributed by atoms with van der Waals surface area (Å²) in [5.74, 6) is -1.30. The Morgan fingerprint density at radius 3 is 2.55 bits per heavy atom. The molecule has 1 fully saturated rings. The molecule has 1 aliphatic rings. The monoisotopic (exact) mass is 280 g/mol. The number of ketones is 1. The van der Waals surface area contributed by atoms with Gasteiger partial charge in [-0.05, 0) is 18.6 Å². The molecule has 108 valence electrons. The van der Waals surface area contributed by atoms with Crippen LogP contribution in [0.2, 0.25) is 0 Å². The summed E-state index contributed by atoms with van der Waals surface area (Å²) in [5, 5.41) is 27.8. The van der Waals surface area contributed by atoms with Crippen LogP contribution in [0.1, 0.15) is 33.6 Å². The quantitative estimate of drug-likeness (QED) is 0.677. The molecular weight excluding hydrogens is 264 g/mol. The molecule has 0 saturated carbocycles. The van der Waals surface area contributed by atoms with E-state index < -0.39 is 24.3 Å². The van der Waals surface area contributed by atoms with Gasteiger partial charge < -0.3 is 20.1 Å². The average molecular weight is 280 g/mol. The molecule has 1 aliphatic heterocycles. The van der Waals surface area contributed by atoms with E-state index in [1.807, 2.05) is 0 Å². The van der Waals surface area contributed by atoms with Gasteiger partial charge in [0.25, 0.3) is 0 Å². The van der Waals surface area contributed by atoms with Crippen LogP contribution in [0, 0.1) is 0 Å². The van der Waals surface area contributed by atoms with E-state index in [0.29, 0.717) is 5.56 Å². The summed E-state index contributed by atoms with van der Waals surface area (Å²) < 4.78 is 5.18. The van der Waals surface area contributed by atoms with E-state index in [4.69, 9.17) is 9.84 Å². The Bertz CT molecular complexity index is 512. The Morgan fingerprint density at radius 1 is 1.25 bits per heavy atom. The molecule has 0 amide bonds. The maximum atomic E-state index is 12.0. The van der Waals surface area contributed by atoms with Crippen LogP contribution >= 0.6 is 0 Å². The number of aliphatic hydroxyl groups is 2. The van der Waals surface area contributed by atoms with Crippen molar-refractivity contribution in [2.24, 2.45) is 0 Å². The number of carboxylic acid groups (broad SMARTS) is 1. The molecule has 2 rings (SSSR count). The first-order chi connectivity index (χ1) is 9.49. The maximum Gasteiger partial charge on any atom is 0.335 e. The van der Waals surface area contributed by atoms with E-state index >= 15 is 0 Å². The third-order valence-corrected chi connectivity index (χ3v) is 3.34. The predicted octanol–water partition coefficient (Wildman–Crippen LogP) is 0.468. The Balaban J connectivity index is 1.95. The van der Waals surface area contributed by atoms with Crippen molar-refractivity contribution in [3.8, 4) is 0 Å². The van der Waals surface area contributed by atoms with Crippen molar-refractivity contribution in [2.75, 3.05) is 6.61 Å². The van der Waals surface area contributed by atoms with Gasteiger partial charge in [-0.15, -0.1) is 0 Å². The fraction of sp³-hybridized carbons (Fsp3) is 0.429. The lowest BCUT2D eigenvalue weighted by atomic mass is 10.00. The summed E-state index contributed by atoms with van der Waals surface area (Å²) in [6, 6.07) is 5.81. The summed E-state index contributed by atoms with van der Waals surface area (Å²) in [6.07, 6.45) is -2.04. The number of aromatic carboxylic acids is 1. The minimum atomic E-state index is -1.09. The normalized spacial score (nSPS) is 25.6. The maximum absolute atomic E-state index is 12.0.